The van der Waals surface area contributed by atoms with Crippen LogP contribution in [0.5, 0.6) is 0 Å². The van der Waals surface area contributed by atoms with Gasteiger partial charge in [0.15, 0.2) is 6.17 Å². The average molecular weight is 342 g/mol. The van der Waals surface area contributed by atoms with Crippen molar-refractivity contribution in [3.63, 3.8) is 0 Å². The van der Waals surface area contributed by atoms with Gasteiger partial charge in [-0.05, 0) is 35.9 Å². The van der Waals surface area contributed by atoms with Crippen molar-refractivity contribution in [1.82, 2.24) is 15.8 Å². The Bertz CT molecular complexity index is 770. The number of thioether (sulfide) groups is 1. The first-order chi connectivity index (χ1) is 11.6. The number of carbonyl (C=O) groups is 1. The van der Waals surface area contributed by atoms with Crippen molar-refractivity contribution in [1.29, 1.82) is 0 Å². The standard InChI is InChI=1S/C17H18N4O2S/c1-20(2)12-7-5-11(6-8-12)10-14-16(22)21-15(13-4-3-9-23-13)18-19-17(21)24-14/h3-10,15,17-19H,1-2H3. The molecule has 24 heavy (non-hydrogen) atoms. The first-order valence-corrected chi connectivity index (χ1v) is 8.54. The first-order valence-electron chi connectivity index (χ1n) is 7.66. The van der Waals surface area contributed by atoms with Gasteiger partial charge >= 0.3 is 0 Å². The molecular formula is C17H18N4O2S. The van der Waals surface area contributed by atoms with Gasteiger partial charge in [0.25, 0.3) is 5.91 Å². The minimum atomic E-state index is -0.285. The molecule has 124 valence electrons. The largest absolute Gasteiger partial charge is 0.466 e. The number of carbonyl (C=O) groups excluding carboxylic acids is 1. The van der Waals surface area contributed by atoms with Crippen LogP contribution in [0.15, 0.2) is 52.0 Å². The maximum Gasteiger partial charge on any atom is 0.264 e. The number of rotatable bonds is 3. The van der Waals surface area contributed by atoms with Crippen LogP contribution in [-0.4, -0.2) is 30.4 Å². The molecule has 0 bridgehead atoms. The van der Waals surface area contributed by atoms with Gasteiger partial charge in [-0.15, -0.1) is 0 Å². The van der Waals surface area contributed by atoms with Crippen molar-refractivity contribution in [2.45, 2.75) is 11.7 Å². The zero-order chi connectivity index (χ0) is 16.7. The Hall–Kier alpha value is -2.22. The third-order valence-corrected chi connectivity index (χ3v) is 5.19. The predicted octanol–water partition coefficient (Wildman–Crippen LogP) is 2.35. The topological polar surface area (TPSA) is 60.8 Å². The van der Waals surface area contributed by atoms with Crippen LogP contribution in [0, 0.1) is 0 Å². The van der Waals surface area contributed by atoms with Gasteiger partial charge in [-0.25, -0.2) is 10.9 Å². The van der Waals surface area contributed by atoms with E-state index in [-0.39, 0.29) is 17.6 Å². The summed E-state index contributed by atoms with van der Waals surface area (Å²) in [5.41, 5.74) is 8.26. The Morgan fingerprint density at radius 1 is 1.21 bits per heavy atom. The summed E-state index contributed by atoms with van der Waals surface area (Å²) in [6, 6.07) is 11.8. The smallest absolute Gasteiger partial charge is 0.264 e. The fourth-order valence-corrected chi connectivity index (χ4v) is 3.91. The summed E-state index contributed by atoms with van der Waals surface area (Å²) in [6.07, 6.45) is 3.26. The van der Waals surface area contributed by atoms with Crippen LogP contribution in [0.4, 0.5) is 5.69 Å². The lowest BCUT2D eigenvalue weighted by molar-refractivity contribution is -0.127. The number of hydrogen-bond acceptors (Lipinski definition) is 6. The van der Waals surface area contributed by atoms with Crippen LogP contribution in [0.2, 0.25) is 0 Å². The number of amides is 1. The van der Waals surface area contributed by atoms with Crippen LogP contribution in [0.25, 0.3) is 6.08 Å². The molecule has 0 spiro atoms. The molecule has 7 heteroatoms. The van der Waals surface area contributed by atoms with Gasteiger partial charge in [0.05, 0.1) is 11.2 Å². The molecular weight excluding hydrogens is 324 g/mol. The summed E-state index contributed by atoms with van der Waals surface area (Å²) < 4.78 is 5.43. The molecule has 1 aromatic carbocycles. The fourth-order valence-electron chi connectivity index (χ4n) is 2.80. The van der Waals surface area contributed by atoms with E-state index in [1.54, 1.807) is 11.2 Å². The number of nitrogens with one attached hydrogen (secondary N) is 2. The van der Waals surface area contributed by atoms with Crippen LogP contribution in [0.1, 0.15) is 17.5 Å². The van der Waals surface area contributed by atoms with Crippen molar-refractivity contribution in [2.24, 2.45) is 0 Å². The van der Waals surface area contributed by atoms with Gasteiger partial charge in [-0.3, -0.25) is 9.69 Å². The van der Waals surface area contributed by atoms with Crippen molar-refractivity contribution in [3.05, 3.63) is 58.9 Å². The zero-order valence-electron chi connectivity index (χ0n) is 13.4. The molecule has 2 aliphatic rings. The lowest BCUT2D eigenvalue weighted by Gasteiger charge is -2.18. The number of nitrogens with zero attached hydrogens (tertiary/aromatic N) is 2. The summed E-state index contributed by atoms with van der Waals surface area (Å²) in [5, 5.41) is 0. The van der Waals surface area contributed by atoms with E-state index in [4.69, 9.17) is 4.42 Å². The molecule has 1 amide bonds. The highest BCUT2D eigenvalue weighted by atomic mass is 32.2. The minimum absolute atomic E-state index is 0.000543. The molecule has 0 radical (unpaired) electrons. The van der Waals surface area contributed by atoms with Crippen LogP contribution >= 0.6 is 11.8 Å². The molecule has 2 unspecified atom stereocenters. The van der Waals surface area contributed by atoms with Crippen molar-refractivity contribution in [2.75, 3.05) is 19.0 Å². The molecule has 2 aromatic rings. The third kappa shape index (κ3) is 2.60. The SMILES string of the molecule is CN(C)c1ccc(C=C2SC3NNC(c4ccco4)N3C2=O)cc1. The van der Waals surface area contributed by atoms with Gasteiger partial charge in [0.2, 0.25) is 0 Å². The van der Waals surface area contributed by atoms with Gasteiger partial charge in [-0.2, -0.15) is 0 Å². The van der Waals surface area contributed by atoms with Gasteiger partial charge in [0.1, 0.15) is 11.3 Å². The highest BCUT2D eigenvalue weighted by Gasteiger charge is 2.46. The molecule has 2 N–H and O–H groups in total. The zero-order valence-corrected chi connectivity index (χ0v) is 14.2. The lowest BCUT2D eigenvalue weighted by atomic mass is 10.2. The van der Waals surface area contributed by atoms with Crippen LogP contribution in [0.3, 0.4) is 0 Å². The van der Waals surface area contributed by atoms with Crippen molar-refractivity contribution in [3.8, 4) is 0 Å². The summed E-state index contributed by atoms with van der Waals surface area (Å²) in [5.74, 6) is 0.719. The number of fused-ring (bicyclic) bond motifs is 1. The van der Waals surface area contributed by atoms with Gasteiger partial charge in [0, 0.05) is 19.8 Å². The third-order valence-electron chi connectivity index (χ3n) is 4.08. The Labute approximate surface area is 144 Å². The second-order valence-corrected chi connectivity index (χ2v) is 7.01. The van der Waals surface area contributed by atoms with E-state index in [0.29, 0.717) is 0 Å². The van der Waals surface area contributed by atoms with Crippen LogP contribution < -0.4 is 15.8 Å². The molecule has 0 aliphatic carbocycles. The monoisotopic (exact) mass is 342 g/mol. The molecule has 0 saturated carbocycles. The Kier molecular flexibility index (Phi) is 3.84. The molecule has 4 rings (SSSR count). The van der Waals surface area contributed by atoms with E-state index in [1.165, 1.54) is 11.8 Å². The number of hydrazine groups is 1. The molecule has 2 aliphatic heterocycles. The number of anilines is 1. The molecule has 2 atom stereocenters. The van der Waals surface area contributed by atoms with Crippen molar-refractivity contribution < 1.29 is 9.21 Å². The lowest BCUT2D eigenvalue weighted by Crippen LogP contribution is -2.32. The summed E-state index contributed by atoms with van der Waals surface area (Å²) >= 11 is 1.51. The number of furan rings is 1. The van der Waals surface area contributed by atoms with E-state index in [1.807, 2.05) is 61.5 Å². The number of benzene rings is 1. The second-order valence-electron chi connectivity index (χ2n) is 5.88. The van der Waals surface area contributed by atoms with E-state index in [9.17, 15) is 4.79 Å². The Balaban J connectivity index is 1.57. The Morgan fingerprint density at radius 3 is 2.67 bits per heavy atom. The number of hydrogen-bond donors (Lipinski definition) is 2. The van der Waals surface area contributed by atoms with Crippen molar-refractivity contribution >= 4 is 29.4 Å². The van der Waals surface area contributed by atoms with Gasteiger partial charge < -0.3 is 9.32 Å². The second kappa shape index (κ2) is 6.01. The molecule has 2 fully saturated rings. The maximum absolute atomic E-state index is 12.8. The van der Waals surface area contributed by atoms with Crippen LogP contribution in [-0.2, 0) is 4.79 Å². The summed E-state index contributed by atoms with van der Waals surface area (Å²) in [7, 11) is 4.01. The molecule has 3 heterocycles. The first kappa shape index (κ1) is 15.3. The van der Waals surface area contributed by atoms with E-state index < -0.39 is 0 Å². The highest BCUT2D eigenvalue weighted by Crippen LogP contribution is 2.41. The van der Waals surface area contributed by atoms with Gasteiger partial charge in [-0.1, -0.05) is 23.9 Å². The molecule has 1 aromatic heterocycles. The normalized spacial score (nSPS) is 24.7. The summed E-state index contributed by atoms with van der Waals surface area (Å²) in [6.45, 7) is 0. The summed E-state index contributed by atoms with van der Waals surface area (Å²) in [4.78, 5) is 17.3. The minimum Gasteiger partial charge on any atom is -0.466 e. The van der Waals surface area contributed by atoms with E-state index in [0.717, 1.165) is 21.9 Å². The highest BCUT2D eigenvalue weighted by molar-refractivity contribution is 8.05. The molecule has 6 nitrogen and oxygen atoms in total. The Morgan fingerprint density at radius 2 is 2.00 bits per heavy atom. The van der Waals surface area contributed by atoms with E-state index in [2.05, 4.69) is 10.9 Å². The average Bonchev–Trinajstić information content (AvgIpc) is 3.28. The quantitative estimate of drug-likeness (QED) is 0.835. The molecule has 2 saturated heterocycles. The fraction of sp³-hybridized carbons (Fsp3) is 0.235. The maximum atomic E-state index is 12.8. The van der Waals surface area contributed by atoms with E-state index >= 15 is 0 Å². The predicted molar refractivity (Wildman–Crippen MR) is 94.7 cm³/mol.